The summed E-state index contributed by atoms with van der Waals surface area (Å²) in [5, 5.41) is 2.63. The Bertz CT molecular complexity index is 709. The Morgan fingerprint density at radius 2 is 2.05 bits per heavy atom. The second-order valence-electron chi connectivity index (χ2n) is 4.23. The summed E-state index contributed by atoms with van der Waals surface area (Å²) in [6, 6.07) is 10.9. The predicted octanol–water partition coefficient (Wildman–Crippen LogP) is 2.92. The number of benzene rings is 2. The van der Waals surface area contributed by atoms with Crippen LogP contribution in [0.1, 0.15) is 0 Å². The first-order valence-corrected chi connectivity index (χ1v) is 8.06. The van der Waals surface area contributed by atoms with Gasteiger partial charge in [-0.1, -0.05) is 22.0 Å². The topological polar surface area (TPSA) is 72.2 Å². The number of amides is 1. The van der Waals surface area contributed by atoms with E-state index in [1.807, 2.05) is 6.07 Å². The monoisotopic (exact) mass is 370 g/mol. The molecule has 2 rings (SSSR count). The summed E-state index contributed by atoms with van der Waals surface area (Å²) in [7, 11) is -1.63. The maximum absolute atomic E-state index is 13.3. The second-order valence-corrected chi connectivity index (χ2v) is 6.60. The highest BCUT2D eigenvalue weighted by atomic mass is 79.9. The first-order valence-electron chi connectivity index (χ1n) is 5.94. The molecule has 1 atom stereocenters. The molecule has 1 amide bonds. The number of nitrogens with one attached hydrogen (secondary N) is 1. The lowest BCUT2D eigenvalue weighted by Gasteiger charge is -2.06. The van der Waals surface area contributed by atoms with Crippen LogP contribution in [0.25, 0.3) is 0 Å². The molecule has 0 aliphatic rings. The number of hydrogen-bond donors (Lipinski definition) is 2. The molecule has 0 radical (unpaired) electrons. The number of anilines is 2. The summed E-state index contributed by atoms with van der Waals surface area (Å²) in [6.07, 6.45) is 0. The Morgan fingerprint density at radius 3 is 2.71 bits per heavy atom. The number of halogens is 2. The van der Waals surface area contributed by atoms with Crippen LogP contribution in [0.3, 0.4) is 0 Å². The molecule has 0 bridgehead atoms. The highest BCUT2D eigenvalue weighted by molar-refractivity contribution is 9.10. The SMILES string of the molecule is Nc1ccc(S(=O)CC(=O)Nc2cccc(Br)c2)cc1F. The van der Waals surface area contributed by atoms with E-state index in [0.29, 0.717) is 5.69 Å². The van der Waals surface area contributed by atoms with Gasteiger partial charge >= 0.3 is 0 Å². The van der Waals surface area contributed by atoms with Crippen molar-refractivity contribution in [1.29, 1.82) is 0 Å². The molecule has 2 aromatic rings. The molecule has 0 saturated carbocycles. The average molecular weight is 371 g/mol. The Labute approximate surface area is 132 Å². The van der Waals surface area contributed by atoms with Crippen molar-refractivity contribution in [2.75, 3.05) is 16.8 Å². The maximum atomic E-state index is 13.3. The van der Waals surface area contributed by atoms with Crippen LogP contribution in [0.4, 0.5) is 15.8 Å². The van der Waals surface area contributed by atoms with Gasteiger partial charge in [0.1, 0.15) is 11.6 Å². The van der Waals surface area contributed by atoms with E-state index in [2.05, 4.69) is 21.2 Å². The van der Waals surface area contributed by atoms with Crippen LogP contribution in [0.5, 0.6) is 0 Å². The van der Waals surface area contributed by atoms with Crippen LogP contribution < -0.4 is 11.1 Å². The number of nitrogen functional groups attached to an aromatic ring is 1. The van der Waals surface area contributed by atoms with Crippen LogP contribution in [-0.4, -0.2) is 15.9 Å². The summed E-state index contributed by atoms with van der Waals surface area (Å²) in [6.45, 7) is 0. The lowest BCUT2D eigenvalue weighted by atomic mass is 10.3. The fraction of sp³-hybridized carbons (Fsp3) is 0.0714. The van der Waals surface area contributed by atoms with Crippen molar-refractivity contribution in [2.24, 2.45) is 0 Å². The van der Waals surface area contributed by atoms with Crippen LogP contribution in [0, 0.1) is 5.82 Å². The second kappa shape index (κ2) is 6.82. The number of hydrogen-bond acceptors (Lipinski definition) is 3. The van der Waals surface area contributed by atoms with Gasteiger partial charge in [0.05, 0.1) is 16.5 Å². The van der Waals surface area contributed by atoms with Crippen LogP contribution >= 0.6 is 15.9 Å². The highest BCUT2D eigenvalue weighted by Gasteiger charge is 2.12. The minimum Gasteiger partial charge on any atom is -0.396 e. The lowest BCUT2D eigenvalue weighted by molar-refractivity contribution is -0.113. The number of carbonyl (C=O) groups excluding carboxylic acids is 1. The summed E-state index contributed by atoms with van der Waals surface area (Å²) < 4.78 is 26.1. The molecular formula is C14H12BrFN2O2S. The van der Waals surface area contributed by atoms with Gasteiger partial charge in [-0.3, -0.25) is 9.00 Å². The minimum absolute atomic E-state index is 0.0191. The lowest BCUT2D eigenvalue weighted by Crippen LogP contribution is -2.19. The van der Waals surface area contributed by atoms with Crippen LogP contribution in [0.2, 0.25) is 0 Å². The van der Waals surface area contributed by atoms with E-state index in [1.54, 1.807) is 18.2 Å². The standard InChI is InChI=1S/C14H12BrFN2O2S/c15-9-2-1-3-10(6-9)18-14(19)8-21(20)11-4-5-13(17)12(16)7-11/h1-7H,8,17H2,(H,18,19). The summed E-state index contributed by atoms with van der Waals surface area (Å²) in [5.74, 6) is -1.31. The van der Waals surface area contributed by atoms with Crippen molar-refractivity contribution in [3.8, 4) is 0 Å². The molecule has 110 valence electrons. The molecule has 1 unspecified atom stereocenters. The van der Waals surface area contributed by atoms with Crippen LogP contribution in [-0.2, 0) is 15.6 Å². The van der Waals surface area contributed by atoms with Gasteiger partial charge in [-0.05, 0) is 36.4 Å². The van der Waals surface area contributed by atoms with Crippen molar-refractivity contribution in [1.82, 2.24) is 0 Å². The molecule has 0 fully saturated rings. The van der Waals surface area contributed by atoms with E-state index in [1.165, 1.54) is 12.1 Å². The third-order valence-corrected chi connectivity index (χ3v) is 4.40. The van der Waals surface area contributed by atoms with Gasteiger partial charge in [0.15, 0.2) is 0 Å². The molecule has 3 N–H and O–H groups in total. The minimum atomic E-state index is -1.63. The maximum Gasteiger partial charge on any atom is 0.237 e. The van der Waals surface area contributed by atoms with Crippen molar-refractivity contribution in [3.05, 3.63) is 52.8 Å². The van der Waals surface area contributed by atoms with Crippen molar-refractivity contribution >= 4 is 44.0 Å². The Kier molecular flexibility index (Phi) is 5.08. The van der Waals surface area contributed by atoms with Gasteiger partial charge in [-0.25, -0.2) is 4.39 Å². The summed E-state index contributed by atoms with van der Waals surface area (Å²) in [5.41, 5.74) is 5.92. The number of nitrogens with two attached hydrogens (primary N) is 1. The van der Waals surface area contributed by atoms with Gasteiger partial charge in [-0.2, -0.15) is 0 Å². The van der Waals surface area contributed by atoms with Crippen molar-refractivity contribution < 1.29 is 13.4 Å². The van der Waals surface area contributed by atoms with Crippen molar-refractivity contribution in [3.63, 3.8) is 0 Å². The molecular weight excluding hydrogens is 359 g/mol. The fourth-order valence-electron chi connectivity index (χ4n) is 1.62. The summed E-state index contributed by atoms with van der Waals surface area (Å²) in [4.78, 5) is 12.0. The third-order valence-electron chi connectivity index (χ3n) is 2.61. The largest absolute Gasteiger partial charge is 0.396 e. The normalized spacial score (nSPS) is 11.9. The quantitative estimate of drug-likeness (QED) is 0.812. The van der Waals surface area contributed by atoms with Gasteiger partial charge in [0.25, 0.3) is 0 Å². The Balaban J connectivity index is 2.02. The Morgan fingerprint density at radius 1 is 1.29 bits per heavy atom. The van der Waals surface area contributed by atoms with Gasteiger partial charge in [-0.15, -0.1) is 0 Å². The number of rotatable bonds is 4. The smallest absolute Gasteiger partial charge is 0.237 e. The molecule has 7 heteroatoms. The number of carbonyl (C=O) groups is 1. The molecule has 0 aromatic heterocycles. The third kappa shape index (κ3) is 4.37. The highest BCUT2D eigenvalue weighted by Crippen LogP contribution is 2.17. The summed E-state index contributed by atoms with van der Waals surface area (Å²) >= 11 is 3.29. The molecule has 0 aliphatic heterocycles. The van der Waals surface area contributed by atoms with Gasteiger partial charge in [0.2, 0.25) is 5.91 Å². The fourth-order valence-corrected chi connectivity index (χ4v) is 2.95. The molecule has 0 spiro atoms. The Hall–Kier alpha value is -1.73. The van der Waals surface area contributed by atoms with E-state index in [0.717, 1.165) is 10.5 Å². The van der Waals surface area contributed by atoms with Crippen LogP contribution in [0.15, 0.2) is 51.8 Å². The van der Waals surface area contributed by atoms with E-state index >= 15 is 0 Å². The zero-order chi connectivity index (χ0) is 15.4. The molecule has 0 saturated heterocycles. The predicted molar refractivity (Wildman–Crippen MR) is 84.9 cm³/mol. The first kappa shape index (κ1) is 15.7. The average Bonchev–Trinajstić information content (AvgIpc) is 2.41. The zero-order valence-corrected chi connectivity index (χ0v) is 13.2. The first-order chi connectivity index (χ1) is 9.95. The van der Waals surface area contributed by atoms with Crippen molar-refractivity contribution in [2.45, 2.75) is 4.90 Å². The van der Waals surface area contributed by atoms with E-state index < -0.39 is 22.5 Å². The zero-order valence-electron chi connectivity index (χ0n) is 10.8. The molecule has 0 aliphatic carbocycles. The molecule has 0 heterocycles. The molecule has 2 aromatic carbocycles. The van der Waals surface area contributed by atoms with Gasteiger partial charge in [0, 0.05) is 15.1 Å². The van der Waals surface area contributed by atoms with E-state index in [9.17, 15) is 13.4 Å². The molecule has 21 heavy (non-hydrogen) atoms. The molecule has 4 nitrogen and oxygen atoms in total. The van der Waals surface area contributed by atoms with E-state index in [4.69, 9.17) is 5.73 Å². The van der Waals surface area contributed by atoms with Gasteiger partial charge < -0.3 is 11.1 Å². The van der Waals surface area contributed by atoms with E-state index in [-0.39, 0.29) is 16.3 Å².